The van der Waals surface area contributed by atoms with E-state index in [9.17, 15) is 24.5 Å². The summed E-state index contributed by atoms with van der Waals surface area (Å²) in [5.41, 5.74) is 0.809. The van der Waals surface area contributed by atoms with Crippen molar-refractivity contribution in [3.63, 3.8) is 0 Å². The fourth-order valence-electron chi connectivity index (χ4n) is 3.54. The molecule has 0 aliphatic heterocycles. The molecule has 31 heavy (non-hydrogen) atoms. The number of carbonyl (C=O) groups is 3. The number of benzene rings is 1. The van der Waals surface area contributed by atoms with Gasteiger partial charge in [-0.3, -0.25) is 19.7 Å². The summed E-state index contributed by atoms with van der Waals surface area (Å²) in [6, 6.07) is 5.15. The van der Waals surface area contributed by atoms with E-state index < -0.39 is 28.7 Å². The zero-order chi connectivity index (χ0) is 22.5. The van der Waals surface area contributed by atoms with E-state index in [1.54, 1.807) is 13.8 Å². The Morgan fingerprint density at radius 1 is 1.16 bits per heavy atom. The highest BCUT2D eigenvalue weighted by atomic mass is 32.1. The van der Waals surface area contributed by atoms with Crippen LogP contribution < -0.4 is 5.32 Å². The van der Waals surface area contributed by atoms with Crippen molar-refractivity contribution in [2.75, 3.05) is 18.5 Å². The molecule has 164 valence electrons. The van der Waals surface area contributed by atoms with E-state index in [0.29, 0.717) is 23.4 Å². The van der Waals surface area contributed by atoms with Crippen LogP contribution in [0, 0.1) is 10.1 Å². The van der Waals surface area contributed by atoms with Crippen LogP contribution in [0.4, 0.5) is 10.7 Å². The minimum atomic E-state index is -0.616. The molecule has 1 amide bonds. The number of nitro benzene ring substituents is 1. The summed E-state index contributed by atoms with van der Waals surface area (Å²) in [5, 5.41) is 13.8. The molecule has 1 heterocycles. The SMILES string of the molecule is CCOC(=O)c1c(NC(=O)c2ccc([N+](=O)[O-])cc2)sc2c1C(C(=O)OCC)CCC2. The Morgan fingerprint density at radius 2 is 1.84 bits per heavy atom. The lowest BCUT2D eigenvalue weighted by Crippen LogP contribution is -2.23. The number of rotatable bonds is 7. The normalized spacial score (nSPS) is 15.0. The number of nitro groups is 1. The molecule has 2 aromatic rings. The molecular weight excluding hydrogens is 424 g/mol. The largest absolute Gasteiger partial charge is 0.466 e. The average molecular weight is 446 g/mol. The third-order valence-electron chi connectivity index (χ3n) is 4.89. The zero-order valence-corrected chi connectivity index (χ0v) is 18.0. The first-order valence-corrected chi connectivity index (χ1v) is 10.7. The van der Waals surface area contributed by atoms with Crippen LogP contribution in [0.25, 0.3) is 0 Å². The van der Waals surface area contributed by atoms with Gasteiger partial charge in [-0.15, -0.1) is 11.3 Å². The Labute approximate surface area is 182 Å². The highest BCUT2D eigenvalue weighted by molar-refractivity contribution is 7.17. The Bertz CT molecular complexity index is 1010. The maximum atomic E-state index is 12.8. The summed E-state index contributed by atoms with van der Waals surface area (Å²) < 4.78 is 10.4. The minimum absolute atomic E-state index is 0.132. The third kappa shape index (κ3) is 4.74. The molecule has 1 atom stereocenters. The number of hydrogen-bond acceptors (Lipinski definition) is 8. The van der Waals surface area contributed by atoms with Crippen molar-refractivity contribution in [2.24, 2.45) is 0 Å². The van der Waals surface area contributed by atoms with Gasteiger partial charge in [0.25, 0.3) is 11.6 Å². The lowest BCUT2D eigenvalue weighted by atomic mass is 9.85. The van der Waals surface area contributed by atoms with Crippen LogP contribution >= 0.6 is 11.3 Å². The van der Waals surface area contributed by atoms with Crippen molar-refractivity contribution in [1.29, 1.82) is 0 Å². The van der Waals surface area contributed by atoms with E-state index in [0.717, 1.165) is 11.3 Å². The van der Waals surface area contributed by atoms with Crippen molar-refractivity contribution in [3.8, 4) is 0 Å². The van der Waals surface area contributed by atoms with Gasteiger partial charge in [0.15, 0.2) is 0 Å². The number of fused-ring (bicyclic) bond motifs is 1. The number of nitrogens with zero attached hydrogens (tertiary/aromatic N) is 1. The first kappa shape index (κ1) is 22.4. The van der Waals surface area contributed by atoms with Gasteiger partial charge in [0.1, 0.15) is 5.00 Å². The molecule has 1 N–H and O–H groups in total. The Morgan fingerprint density at radius 3 is 2.45 bits per heavy atom. The molecule has 1 unspecified atom stereocenters. The monoisotopic (exact) mass is 446 g/mol. The van der Waals surface area contributed by atoms with Crippen molar-refractivity contribution in [1.82, 2.24) is 0 Å². The Hall–Kier alpha value is -3.27. The number of anilines is 1. The number of non-ortho nitro benzene ring substituents is 1. The van der Waals surface area contributed by atoms with E-state index in [1.807, 2.05) is 0 Å². The minimum Gasteiger partial charge on any atom is -0.466 e. The highest BCUT2D eigenvalue weighted by Gasteiger charge is 2.37. The van der Waals surface area contributed by atoms with Crippen molar-refractivity contribution in [2.45, 2.75) is 39.0 Å². The molecule has 1 aromatic carbocycles. The van der Waals surface area contributed by atoms with E-state index >= 15 is 0 Å². The zero-order valence-electron chi connectivity index (χ0n) is 17.1. The van der Waals surface area contributed by atoms with Gasteiger partial charge in [0.2, 0.25) is 0 Å². The summed E-state index contributed by atoms with van der Waals surface area (Å²) in [6.07, 6.45) is 1.98. The van der Waals surface area contributed by atoms with E-state index in [4.69, 9.17) is 9.47 Å². The molecule has 0 spiro atoms. The van der Waals surface area contributed by atoms with Crippen LogP contribution in [0.3, 0.4) is 0 Å². The van der Waals surface area contributed by atoms with Crippen molar-refractivity contribution >= 4 is 39.9 Å². The number of carbonyl (C=O) groups excluding carboxylic acids is 3. The second-order valence-corrected chi connectivity index (χ2v) is 7.92. The van der Waals surface area contributed by atoms with Crippen LogP contribution in [0.15, 0.2) is 24.3 Å². The first-order chi connectivity index (χ1) is 14.9. The van der Waals surface area contributed by atoms with Crippen molar-refractivity contribution < 1.29 is 28.8 Å². The standard InChI is InChI=1S/C21H22N2O7S/c1-3-29-20(25)14-6-5-7-15-16(14)17(21(26)30-4-2)19(31-15)22-18(24)12-8-10-13(11-9-12)23(27)28/h8-11,14H,3-7H2,1-2H3,(H,22,24). The fourth-order valence-corrected chi connectivity index (χ4v) is 4.82. The molecule has 0 fully saturated rings. The summed E-state index contributed by atoms with van der Waals surface area (Å²) in [4.78, 5) is 49.1. The van der Waals surface area contributed by atoms with Gasteiger partial charge < -0.3 is 14.8 Å². The van der Waals surface area contributed by atoms with Gasteiger partial charge >= 0.3 is 11.9 Å². The molecule has 1 aliphatic carbocycles. The third-order valence-corrected chi connectivity index (χ3v) is 6.07. The van der Waals surface area contributed by atoms with E-state index in [-0.39, 0.29) is 30.0 Å². The molecule has 0 saturated heterocycles. The van der Waals surface area contributed by atoms with Crippen LogP contribution in [0.2, 0.25) is 0 Å². The Balaban J connectivity index is 1.98. The predicted molar refractivity (Wildman–Crippen MR) is 114 cm³/mol. The molecule has 1 aliphatic rings. The number of amides is 1. The van der Waals surface area contributed by atoms with Crippen LogP contribution in [-0.2, 0) is 20.7 Å². The van der Waals surface area contributed by atoms with Gasteiger partial charge in [-0.25, -0.2) is 4.79 Å². The molecule has 9 nitrogen and oxygen atoms in total. The molecule has 3 rings (SSSR count). The number of hydrogen-bond donors (Lipinski definition) is 1. The second kappa shape index (κ2) is 9.69. The number of esters is 2. The lowest BCUT2D eigenvalue weighted by molar-refractivity contribution is -0.384. The summed E-state index contributed by atoms with van der Waals surface area (Å²) in [6.45, 7) is 3.77. The summed E-state index contributed by atoms with van der Waals surface area (Å²) in [5.74, 6) is -2.13. The Kier molecular flexibility index (Phi) is 7.01. The molecule has 0 bridgehead atoms. The summed E-state index contributed by atoms with van der Waals surface area (Å²) in [7, 11) is 0. The smallest absolute Gasteiger partial charge is 0.341 e. The molecule has 10 heteroatoms. The molecular formula is C21H22N2O7S. The first-order valence-electron chi connectivity index (χ1n) is 9.92. The van der Waals surface area contributed by atoms with Gasteiger partial charge in [-0.05, 0) is 50.8 Å². The second-order valence-electron chi connectivity index (χ2n) is 6.82. The van der Waals surface area contributed by atoms with E-state index in [1.165, 1.54) is 35.6 Å². The summed E-state index contributed by atoms with van der Waals surface area (Å²) >= 11 is 1.24. The average Bonchev–Trinajstić information content (AvgIpc) is 3.12. The van der Waals surface area contributed by atoms with Gasteiger partial charge in [-0.2, -0.15) is 0 Å². The number of ether oxygens (including phenoxy) is 2. The maximum Gasteiger partial charge on any atom is 0.341 e. The predicted octanol–water partition coefficient (Wildman–Crippen LogP) is 4.07. The quantitative estimate of drug-likeness (QED) is 0.386. The molecule has 0 saturated carbocycles. The van der Waals surface area contributed by atoms with Gasteiger partial charge in [0.05, 0.1) is 29.6 Å². The topological polar surface area (TPSA) is 125 Å². The fraction of sp³-hybridized carbons (Fsp3) is 0.381. The van der Waals surface area contributed by atoms with E-state index in [2.05, 4.69) is 5.32 Å². The van der Waals surface area contributed by atoms with Gasteiger partial charge in [-0.1, -0.05) is 0 Å². The van der Waals surface area contributed by atoms with Crippen LogP contribution in [0.1, 0.15) is 63.8 Å². The number of aryl methyl sites for hydroxylation is 1. The highest BCUT2D eigenvalue weighted by Crippen LogP contribution is 2.44. The molecule has 0 radical (unpaired) electrons. The van der Waals surface area contributed by atoms with Crippen LogP contribution in [-0.4, -0.2) is 36.0 Å². The van der Waals surface area contributed by atoms with Crippen molar-refractivity contribution in [3.05, 3.63) is 55.9 Å². The lowest BCUT2D eigenvalue weighted by Gasteiger charge is -2.22. The molecule has 1 aromatic heterocycles. The number of nitrogens with one attached hydrogen (secondary N) is 1. The number of thiophene rings is 1. The van der Waals surface area contributed by atoms with Gasteiger partial charge in [0, 0.05) is 22.6 Å². The maximum absolute atomic E-state index is 12.8. The van der Waals surface area contributed by atoms with Crippen LogP contribution in [0.5, 0.6) is 0 Å².